The molecule has 110 valence electrons. The number of ether oxygens (including phenoxy) is 1. The molecule has 1 unspecified atom stereocenters. The van der Waals surface area contributed by atoms with Crippen molar-refractivity contribution < 1.29 is 9.13 Å². The molecule has 21 heavy (non-hydrogen) atoms. The lowest BCUT2D eigenvalue weighted by molar-refractivity contribution is 0.352. The lowest BCUT2D eigenvalue weighted by Crippen LogP contribution is -2.15. The number of fused-ring (bicyclic) bond motifs is 1. The van der Waals surface area contributed by atoms with Gasteiger partial charge in [-0.2, -0.15) is 0 Å². The first-order chi connectivity index (χ1) is 10.2. The van der Waals surface area contributed by atoms with Crippen molar-refractivity contribution in [2.75, 3.05) is 13.2 Å². The lowest BCUT2D eigenvalue weighted by atomic mass is 9.91. The van der Waals surface area contributed by atoms with Crippen LogP contribution in [0.3, 0.4) is 0 Å². The second-order valence-corrected chi connectivity index (χ2v) is 6.26. The molecule has 1 aliphatic rings. The minimum absolute atomic E-state index is 0.160. The normalized spacial score (nSPS) is 14.6. The van der Waals surface area contributed by atoms with Gasteiger partial charge >= 0.3 is 0 Å². The maximum Gasteiger partial charge on any atom is 0.125 e. The molecule has 0 aliphatic carbocycles. The van der Waals surface area contributed by atoms with Crippen molar-refractivity contribution in [3.63, 3.8) is 0 Å². The summed E-state index contributed by atoms with van der Waals surface area (Å²) in [4.78, 5) is 0. The number of hydrogen-bond acceptors (Lipinski definition) is 2. The van der Waals surface area contributed by atoms with Crippen LogP contribution in [-0.2, 0) is 12.8 Å². The summed E-state index contributed by atoms with van der Waals surface area (Å²) in [5.41, 5.74) is 9.40. The predicted molar refractivity (Wildman–Crippen MR) is 85.2 cm³/mol. The van der Waals surface area contributed by atoms with Gasteiger partial charge in [-0.1, -0.05) is 28.1 Å². The third-order valence-electron chi connectivity index (χ3n) is 3.92. The Morgan fingerprint density at radius 1 is 1.24 bits per heavy atom. The molecule has 2 nitrogen and oxygen atoms in total. The van der Waals surface area contributed by atoms with Crippen molar-refractivity contribution in [3.8, 4) is 5.75 Å². The van der Waals surface area contributed by atoms with E-state index in [0.29, 0.717) is 6.54 Å². The van der Waals surface area contributed by atoms with E-state index in [0.717, 1.165) is 40.8 Å². The number of nitrogens with two attached hydrogens (primary N) is 1. The molecule has 0 bridgehead atoms. The fraction of sp³-hybridized carbons (Fsp3) is 0.294. The zero-order valence-corrected chi connectivity index (χ0v) is 13.2. The first kappa shape index (κ1) is 14.5. The molecular weight excluding hydrogens is 333 g/mol. The predicted octanol–water partition coefficient (Wildman–Crippen LogP) is 3.81. The van der Waals surface area contributed by atoms with Crippen molar-refractivity contribution in [2.45, 2.75) is 18.8 Å². The summed E-state index contributed by atoms with van der Waals surface area (Å²) in [6, 6.07) is 10.8. The van der Waals surface area contributed by atoms with Crippen LogP contribution in [0.4, 0.5) is 4.39 Å². The molecule has 2 aromatic rings. The van der Waals surface area contributed by atoms with Crippen LogP contribution in [0, 0.1) is 5.82 Å². The van der Waals surface area contributed by atoms with E-state index in [1.165, 1.54) is 17.7 Å². The first-order valence-electron chi connectivity index (χ1n) is 7.07. The number of halogens is 2. The maximum atomic E-state index is 13.1. The van der Waals surface area contributed by atoms with Gasteiger partial charge in [0.2, 0.25) is 0 Å². The maximum absolute atomic E-state index is 13.1. The highest BCUT2D eigenvalue weighted by Gasteiger charge is 2.20. The number of benzene rings is 2. The fourth-order valence-electron chi connectivity index (χ4n) is 2.84. The first-order valence-corrected chi connectivity index (χ1v) is 7.86. The molecule has 0 spiro atoms. The Kier molecular flexibility index (Phi) is 4.27. The minimum Gasteiger partial charge on any atom is -0.493 e. The van der Waals surface area contributed by atoms with Gasteiger partial charge in [0.25, 0.3) is 0 Å². The molecule has 0 radical (unpaired) electrons. The van der Waals surface area contributed by atoms with Crippen LogP contribution >= 0.6 is 15.9 Å². The molecule has 2 N–H and O–H groups in total. The Labute approximate surface area is 132 Å². The summed E-state index contributed by atoms with van der Waals surface area (Å²) >= 11 is 3.56. The molecule has 1 heterocycles. The number of rotatable bonds is 4. The van der Waals surface area contributed by atoms with Gasteiger partial charge < -0.3 is 10.5 Å². The van der Waals surface area contributed by atoms with Crippen molar-refractivity contribution in [3.05, 3.63) is 63.4 Å². The zero-order chi connectivity index (χ0) is 14.8. The summed E-state index contributed by atoms with van der Waals surface area (Å²) < 4.78 is 19.9. The van der Waals surface area contributed by atoms with Gasteiger partial charge in [0.05, 0.1) is 6.61 Å². The Balaban J connectivity index is 1.89. The van der Waals surface area contributed by atoms with E-state index < -0.39 is 0 Å². The molecule has 1 atom stereocenters. The summed E-state index contributed by atoms with van der Waals surface area (Å²) in [5.74, 6) is 0.938. The molecule has 0 aromatic heterocycles. The standard InChI is InChI=1S/C17H17BrFNO/c18-15-8-12-5-6-21-17(12)13(9-15)7-14(10-20)11-1-3-16(19)4-2-11/h1-4,8-9,14H,5-7,10,20H2. The molecule has 0 amide bonds. The van der Waals surface area contributed by atoms with Gasteiger partial charge in [-0.15, -0.1) is 0 Å². The van der Waals surface area contributed by atoms with Crippen LogP contribution in [-0.4, -0.2) is 13.2 Å². The monoisotopic (exact) mass is 349 g/mol. The van der Waals surface area contributed by atoms with Crippen LogP contribution in [0.25, 0.3) is 0 Å². The van der Waals surface area contributed by atoms with Crippen LogP contribution < -0.4 is 10.5 Å². The fourth-order valence-corrected chi connectivity index (χ4v) is 3.39. The van der Waals surface area contributed by atoms with Gasteiger partial charge in [-0.3, -0.25) is 0 Å². The largest absolute Gasteiger partial charge is 0.493 e. The average molecular weight is 350 g/mol. The quantitative estimate of drug-likeness (QED) is 0.910. The molecule has 0 saturated carbocycles. The van der Waals surface area contributed by atoms with E-state index >= 15 is 0 Å². The molecule has 1 aliphatic heterocycles. The van der Waals surface area contributed by atoms with Gasteiger partial charge in [0.15, 0.2) is 0 Å². The minimum atomic E-state index is -0.221. The Morgan fingerprint density at radius 2 is 2.00 bits per heavy atom. The van der Waals surface area contributed by atoms with Gasteiger partial charge in [0.1, 0.15) is 11.6 Å². The second-order valence-electron chi connectivity index (χ2n) is 5.34. The third kappa shape index (κ3) is 3.11. The Bertz CT molecular complexity index is 642. The highest BCUT2D eigenvalue weighted by atomic mass is 79.9. The van der Waals surface area contributed by atoms with Crippen molar-refractivity contribution in [2.24, 2.45) is 5.73 Å². The summed E-state index contributed by atoms with van der Waals surface area (Å²) in [6.07, 6.45) is 1.75. The van der Waals surface area contributed by atoms with E-state index in [4.69, 9.17) is 10.5 Å². The van der Waals surface area contributed by atoms with E-state index in [9.17, 15) is 4.39 Å². The molecule has 0 saturated heterocycles. The van der Waals surface area contributed by atoms with Gasteiger partial charge in [-0.25, -0.2) is 4.39 Å². The van der Waals surface area contributed by atoms with E-state index in [-0.39, 0.29) is 11.7 Å². The van der Waals surface area contributed by atoms with E-state index in [2.05, 4.69) is 28.1 Å². The third-order valence-corrected chi connectivity index (χ3v) is 4.38. The smallest absolute Gasteiger partial charge is 0.125 e. The highest BCUT2D eigenvalue weighted by molar-refractivity contribution is 9.10. The molecule has 4 heteroatoms. The SMILES string of the molecule is NCC(Cc1cc(Br)cc2c1OCC2)c1ccc(F)cc1. The van der Waals surface area contributed by atoms with Crippen LogP contribution in [0.15, 0.2) is 40.9 Å². The molecule has 0 fully saturated rings. The summed E-state index contributed by atoms with van der Waals surface area (Å²) in [5, 5.41) is 0. The summed E-state index contributed by atoms with van der Waals surface area (Å²) in [6.45, 7) is 1.26. The number of hydrogen-bond donors (Lipinski definition) is 1. The summed E-state index contributed by atoms with van der Waals surface area (Å²) in [7, 11) is 0. The van der Waals surface area contributed by atoms with Crippen LogP contribution in [0.5, 0.6) is 5.75 Å². The molecule has 3 rings (SSSR count). The average Bonchev–Trinajstić information content (AvgIpc) is 2.94. The van der Waals surface area contributed by atoms with Crippen molar-refractivity contribution in [1.29, 1.82) is 0 Å². The molecule has 2 aromatic carbocycles. The zero-order valence-electron chi connectivity index (χ0n) is 11.6. The lowest BCUT2D eigenvalue weighted by Gasteiger charge is -2.17. The van der Waals surface area contributed by atoms with Gasteiger partial charge in [-0.05, 0) is 53.9 Å². The van der Waals surface area contributed by atoms with E-state index in [1.807, 2.05) is 12.1 Å². The second kappa shape index (κ2) is 6.16. The highest BCUT2D eigenvalue weighted by Crippen LogP contribution is 2.35. The van der Waals surface area contributed by atoms with Crippen molar-refractivity contribution in [1.82, 2.24) is 0 Å². The Hall–Kier alpha value is -1.39. The van der Waals surface area contributed by atoms with Crippen LogP contribution in [0.1, 0.15) is 22.6 Å². The van der Waals surface area contributed by atoms with Crippen LogP contribution in [0.2, 0.25) is 0 Å². The Morgan fingerprint density at radius 3 is 2.71 bits per heavy atom. The van der Waals surface area contributed by atoms with E-state index in [1.54, 1.807) is 0 Å². The van der Waals surface area contributed by atoms with Gasteiger partial charge in [0, 0.05) is 16.8 Å². The topological polar surface area (TPSA) is 35.2 Å². The van der Waals surface area contributed by atoms with Crippen molar-refractivity contribution >= 4 is 15.9 Å². The molecular formula is C17H17BrFNO.